The minimum Gasteiger partial charge on any atom is -0.497 e. The number of nitrogens with zero attached hydrogens (tertiary/aromatic N) is 1. The van der Waals surface area contributed by atoms with Gasteiger partial charge in [-0.15, -0.1) is 0 Å². The van der Waals surface area contributed by atoms with Crippen LogP contribution < -0.4 is 15.4 Å². The monoisotopic (exact) mass is 487 g/mol. The zero-order valence-electron chi connectivity index (χ0n) is 19.5. The summed E-state index contributed by atoms with van der Waals surface area (Å²) >= 11 is 0. The van der Waals surface area contributed by atoms with Gasteiger partial charge < -0.3 is 20.1 Å². The zero-order valence-corrected chi connectivity index (χ0v) is 19.5. The number of methoxy groups -OCH3 is 1. The molecule has 0 saturated heterocycles. The Morgan fingerprint density at radius 1 is 0.889 bits per heavy atom. The van der Waals surface area contributed by atoms with Gasteiger partial charge in [-0.3, -0.25) is 14.6 Å². The van der Waals surface area contributed by atoms with E-state index in [0.717, 1.165) is 0 Å². The van der Waals surface area contributed by atoms with Crippen molar-refractivity contribution in [1.29, 1.82) is 0 Å². The van der Waals surface area contributed by atoms with Gasteiger partial charge in [-0.05, 0) is 73.7 Å². The Labute approximate surface area is 206 Å². The largest absolute Gasteiger partial charge is 0.497 e. The molecule has 8 nitrogen and oxygen atoms in total. The first kappa shape index (κ1) is 24.3. The van der Waals surface area contributed by atoms with E-state index in [-0.39, 0.29) is 11.5 Å². The number of nitrogens with one attached hydrogen (secondary N) is 2. The molecule has 0 atom stereocenters. The van der Waals surface area contributed by atoms with Gasteiger partial charge in [0.05, 0.1) is 23.9 Å². The normalized spacial score (nSPS) is 10.5. The number of esters is 1. The number of halogens is 1. The van der Waals surface area contributed by atoms with Crippen molar-refractivity contribution in [2.75, 3.05) is 24.4 Å². The molecule has 4 rings (SSSR count). The highest BCUT2D eigenvalue weighted by molar-refractivity contribution is 6.05. The van der Waals surface area contributed by atoms with E-state index in [2.05, 4.69) is 15.6 Å². The summed E-state index contributed by atoms with van der Waals surface area (Å²) in [5.74, 6) is -1.32. The number of amides is 2. The summed E-state index contributed by atoms with van der Waals surface area (Å²) in [4.78, 5) is 41.4. The number of carbonyl (C=O) groups excluding carboxylic acids is 3. The third-order valence-electron chi connectivity index (χ3n) is 5.30. The molecule has 0 spiro atoms. The molecule has 1 heterocycles. The van der Waals surface area contributed by atoms with Crippen LogP contribution in [0.5, 0.6) is 5.75 Å². The number of hydrogen-bond donors (Lipinski definition) is 2. The Morgan fingerprint density at radius 2 is 1.56 bits per heavy atom. The Morgan fingerprint density at radius 3 is 2.25 bits per heavy atom. The Balaban J connectivity index is 1.31. The first-order valence-electron chi connectivity index (χ1n) is 10.9. The standard InChI is InChI=1S/C27H22FN3O5/c1-16-23(13-18-3-6-19(28)14-24(18)29-16)27(34)36-15-25(32)30-20-7-4-17(5-8-20)26(33)31-21-9-11-22(35-2)12-10-21/h3-14H,15H2,1-2H3,(H,30,32)(H,31,33). The van der Waals surface area contributed by atoms with Crippen molar-refractivity contribution in [3.63, 3.8) is 0 Å². The summed E-state index contributed by atoms with van der Waals surface area (Å²) in [6, 6.07) is 18.8. The van der Waals surface area contributed by atoms with Crippen molar-refractivity contribution in [1.82, 2.24) is 4.98 Å². The maximum Gasteiger partial charge on any atom is 0.340 e. The van der Waals surface area contributed by atoms with Gasteiger partial charge in [-0.25, -0.2) is 9.18 Å². The fourth-order valence-corrected chi connectivity index (χ4v) is 3.43. The smallest absolute Gasteiger partial charge is 0.340 e. The molecule has 4 aromatic rings. The van der Waals surface area contributed by atoms with Crippen LogP contribution in [-0.2, 0) is 9.53 Å². The fourth-order valence-electron chi connectivity index (χ4n) is 3.43. The highest BCUT2D eigenvalue weighted by atomic mass is 19.1. The van der Waals surface area contributed by atoms with Gasteiger partial charge in [0, 0.05) is 28.4 Å². The van der Waals surface area contributed by atoms with Gasteiger partial charge in [-0.1, -0.05) is 0 Å². The van der Waals surface area contributed by atoms with E-state index in [1.165, 1.54) is 18.2 Å². The highest BCUT2D eigenvalue weighted by Gasteiger charge is 2.15. The first-order valence-corrected chi connectivity index (χ1v) is 10.9. The van der Waals surface area contributed by atoms with Crippen LogP contribution in [0.2, 0.25) is 0 Å². The molecule has 2 amide bonds. The van der Waals surface area contributed by atoms with Gasteiger partial charge in [0.2, 0.25) is 0 Å². The summed E-state index contributed by atoms with van der Waals surface area (Å²) < 4.78 is 23.6. The average Bonchev–Trinajstić information content (AvgIpc) is 2.87. The maximum absolute atomic E-state index is 13.4. The molecule has 0 saturated carbocycles. The third-order valence-corrected chi connectivity index (χ3v) is 5.30. The van der Waals surface area contributed by atoms with Gasteiger partial charge in [0.25, 0.3) is 11.8 Å². The molecule has 182 valence electrons. The second kappa shape index (κ2) is 10.6. The summed E-state index contributed by atoms with van der Waals surface area (Å²) in [6.07, 6.45) is 0. The van der Waals surface area contributed by atoms with Crippen LogP contribution in [-0.4, -0.2) is 36.5 Å². The van der Waals surface area contributed by atoms with Crippen molar-refractivity contribution in [3.8, 4) is 5.75 Å². The van der Waals surface area contributed by atoms with Gasteiger partial charge in [0.1, 0.15) is 11.6 Å². The first-order chi connectivity index (χ1) is 17.3. The zero-order chi connectivity index (χ0) is 25.7. The topological polar surface area (TPSA) is 107 Å². The predicted octanol–water partition coefficient (Wildman–Crippen LogP) is 4.74. The number of aryl methyl sites for hydroxylation is 1. The van der Waals surface area contributed by atoms with Gasteiger partial charge >= 0.3 is 5.97 Å². The van der Waals surface area contributed by atoms with E-state index < -0.39 is 24.3 Å². The molecule has 36 heavy (non-hydrogen) atoms. The number of pyridine rings is 1. The Hall–Kier alpha value is -4.79. The second-order valence-electron chi connectivity index (χ2n) is 7.84. The lowest BCUT2D eigenvalue weighted by atomic mass is 10.1. The summed E-state index contributed by atoms with van der Waals surface area (Å²) in [7, 11) is 1.56. The highest BCUT2D eigenvalue weighted by Crippen LogP contribution is 2.19. The van der Waals surface area contributed by atoms with E-state index in [0.29, 0.717) is 39.3 Å². The quantitative estimate of drug-likeness (QED) is 0.365. The van der Waals surface area contributed by atoms with E-state index in [9.17, 15) is 18.8 Å². The number of hydrogen-bond acceptors (Lipinski definition) is 6. The number of fused-ring (bicyclic) bond motifs is 1. The van der Waals surface area contributed by atoms with Crippen LogP contribution in [0.4, 0.5) is 15.8 Å². The third kappa shape index (κ3) is 5.82. The summed E-state index contributed by atoms with van der Waals surface area (Å²) in [5, 5.41) is 5.96. The molecular weight excluding hydrogens is 465 g/mol. The predicted molar refractivity (Wildman–Crippen MR) is 133 cm³/mol. The van der Waals surface area contributed by atoms with Crippen molar-refractivity contribution in [2.45, 2.75) is 6.92 Å². The summed E-state index contributed by atoms with van der Waals surface area (Å²) in [5.41, 5.74) is 2.42. The number of benzene rings is 3. The average molecular weight is 487 g/mol. The molecule has 0 unspecified atom stereocenters. The van der Waals surface area contributed by atoms with E-state index >= 15 is 0 Å². The van der Waals surface area contributed by atoms with E-state index in [1.54, 1.807) is 68.6 Å². The number of ether oxygens (including phenoxy) is 2. The van der Waals surface area contributed by atoms with Crippen LogP contribution >= 0.6 is 0 Å². The lowest BCUT2D eigenvalue weighted by Gasteiger charge is -2.10. The maximum atomic E-state index is 13.4. The number of aromatic nitrogens is 1. The molecule has 0 radical (unpaired) electrons. The molecule has 2 N–H and O–H groups in total. The lowest BCUT2D eigenvalue weighted by Crippen LogP contribution is -2.21. The van der Waals surface area contributed by atoms with Crippen molar-refractivity contribution >= 4 is 40.1 Å². The number of carbonyl (C=O) groups is 3. The molecule has 0 aliphatic carbocycles. The molecule has 0 fully saturated rings. The van der Waals surface area contributed by atoms with E-state index in [1.807, 2.05) is 0 Å². The Kier molecular flexibility index (Phi) is 7.20. The molecular formula is C27H22FN3O5. The number of anilines is 2. The van der Waals surface area contributed by atoms with Crippen LogP contribution in [0.3, 0.4) is 0 Å². The van der Waals surface area contributed by atoms with E-state index in [4.69, 9.17) is 9.47 Å². The Bertz CT molecular complexity index is 1440. The lowest BCUT2D eigenvalue weighted by molar-refractivity contribution is -0.119. The van der Waals surface area contributed by atoms with Gasteiger partial charge in [-0.2, -0.15) is 0 Å². The fraction of sp³-hybridized carbons (Fsp3) is 0.111. The minimum atomic E-state index is -0.716. The van der Waals surface area contributed by atoms with Gasteiger partial charge in [0.15, 0.2) is 6.61 Å². The molecule has 9 heteroatoms. The van der Waals surface area contributed by atoms with Crippen molar-refractivity contribution in [3.05, 3.63) is 95.4 Å². The number of rotatable bonds is 7. The van der Waals surface area contributed by atoms with Crippen molar-refractivity contribution in [2.24, 2.45) is 0 Å². The molecule has 1 aromatic heterocycles. The minimum absolute atomic E-state index is 0.189. The van der Waals surface area contributed by atoms with Crippen LogP contribution in [0.1, 0.15) is 26.4 Å². The van der Waals surface area contributed by atoms with Crippen LogP contribution in [0.25, 0.3) is 10.9 Å². The molecule has 3 aromatic carbocycles. The second-order valence-corrected chi connectivity index (χ2v) is 7.84. The molecule has 0 aliphatic rings. The summed E-state index contributed by atoms with van der Waals surface area (Å²) in [6.45, 7) is 1.09. The molecule has 0 aliphatic heterocycles. The van der Waals surface area contributed by atoms with Crippen LogP contribution in [0, 0.1) is 12.7 Å². The molecule has 0 bridgehead atoms. The SMILES string of the molecule is COc1ccc(NC(=O)c2ccc(NC(=O)COC(=O)c3cc4ccc(F)cc4nc3C)cc2)cc1. The van der Waals surface area contributed by atoms with Crippen molar-refractivity contribution < 1.29 is 28.2 Å². The van der Waals surface area contributed by atoms with Crippen LogP contribution in [0.15, 0.2) is 72.8 Å².